The standard InChI is InChI=1S/C46H52N6O7S/c1-30(2)40-8-4-3-6-34(40)24-37-7-5-21-51(37)36-12-9-32(10-13-36)33-11-15-41(44(26-33)59-38-25-35-17-20-47-45(35)49-29-38)46(53)50-60(56,57)39-14-16-42(43(27-39)52(54)55)48-28-31-18-22-58-23-19-31/h3-4,6,8-9,11,14-17,20,25-27,29-31,36-37,48H,5,7,10,12-13,18-19,21-24,28H2,1-2H3,(H,47,49)(H,50,53). The van der Waals surface area contributed by atoms with Crippen LogP contribution in [0.15, 0.2) is 96.2 Å². The molecule has 2 unspecified atom stereocenters. The van der Waals surface area contributed by atoms with Gasteiger partial charge in [0.15, 0.2) is 0 Å². The summed E-state index contributed by atoms with van der Waals surface area (Å²) in [5.41, 5.74) is 5.33. The lowest BCUT2D eigenvalue weighted by Gasteiger charge is -2.35. The van der Waals surface area contributed by atoms with E-state index in [2.05, 4.69) is 69.1 Å². The fraction of sp³-hybridized carbons (Fsp3) is 0.391. The number of carbonyl (C=O) groups excluding carboxylic acids is 1. The molecule has 2 aromatic heterocycles. The van der Waals surface area contributed by atoms with Crippen molar-refractivity contribution in [3.8, 4) is 11.5 Å². The Hall–Kier alpha value is -5.57. The van der Waals surface area contributed by atoms with Crippen molar-refractivity contribution in [2.45, 2.75) is 88.1 Å². The molecule has 13 nitrogen and oxygen atoms in total. The lowest BCUT2D eigenvalue weighted by molar-refractivity contribution is -0.384. The molecule has 14 heteroatoms. The van der Waals surface area contributed by atoms with Crippen molar-refractivity contribution in [3.05, 3.63) is 124 Å². The van der Waals surface area contributed by atoms with E-state index in [9.17, 15) is 23.3 Å². The highest BCUT2D eigenvalue weighted by molar-refractivity contribution is 7.90. The number of H-pyrrole nitrogens is 1. The highest BCUT2D eigenvalue weighted by Crippen LogP contribution is 2.37. The number of benzene rings is 3. The second-order valence-corrected chi connectivity index (χ2v) is 18.1. The summed E-state index contributed by atoms with van der Waals surface area (Å²) >= 11 is 0. The summed E-state index contributed by atoms with van der Waals surface area (Å²) in [6, 6.07) is 22.2. The minimum atomic E-state index is -4.54. The lowest BCUT2D eigenvalue weighted by Crippen LogP contribution is -2.41. The van der Waals surface area contributed by atoms with Crippen LogP contribution in [-0.4, -0.2) is 72.5 Å². The number of anilines is 1. The lowest BCUT2D eigenvalue weighted by atomic mass is 9.88. The van der Waals surface area contributed by atoms with Crippen LogP contribution in [0.5, 0.6) is 11.5 Å². The van der Waals surface area contributed by atoms with E-state index in [-0.39, 0.29) is 22.9 Å². The Balaban J connectivity index is 1.02. The zero-order chi connectivity index (χ0) is 41.8. The van der Waals surface area contributed by atoms with E-state index in [1.165, 1.54) is 42.3 Å². The summed E-state index contributed by atoms with van der Waals surface area (Å²) in [7, 11) is -4.54. The first kappa shape index (κ1) is 41.2. The Morgan fingerprint density at radius 1 is 1.05 bits per heavy atom. The number of hydrogen-bond donors (Lipinski definition) is 3. The number of carbonyl (C=O) groups is 1. The summed E-state index contributed by atoms with van der Waals surface area (Å²) in [6.07, 6.45) is 13.4. The van der Waals surface area contributed by atoms with E-state index in [1.54, 1.807) is 24.4 Å². The number of allylic oxidation sites excluding steroid dienone is 1. The number of nitro benzene ring substituents is 1. The number of sulfonamides is 1. The van der Waals surface area contributed by atoms with Crippen molar-refractivity contribution in [1.29, 1.82) is 0 Å². The fourth-order valence-corrected chi connectivity index (χ4v) is 9.98. The average Bonchev–Trinajstić information content (AvgIpc) is 3.93. The summed E-state index contributed by atoms with van der Waals surface area (Å²) in [5, 5.41) is 16.0. The topological polar surface area (TPSA) is 169 Å². The summed E-state index contributed by atoms with van der Waals surface area (Å²) in [6.45, 7) is 7.37. The number of aromatic amines is 1. The first-order valence-electron chi connectivity index (χ1n) is 21.0. The van der Waals surface area contributed by atoms with Gasteiger partial charge in [0.05, 0.1) is 21.6 Å². The van der Waals surface area contributed by atoms with Gasteiger partial charge in [-0.2, -0.15) is 0 Å². The number of hydrogen-bond acceptors (Lipinski definition) is 10. The van der Waals surface area contributed by atoms with E-state index >= 15 is 0 Å². The van der Waals surface area contributed by atoms with Gasteiger partial charge in [-0.15, -0.1) is 0 Å². The van der Waals surface area contributed by atoms with Gasteiger partial charge in [0.2, 0.25) is 0 Å². The van der Waals surface area contributed by atoms with E-state index in [4.69, 9.17) is 9.47 Å². The maximum Gasteiger partial charge on any atom is 0.293 e. The SMILES string of the molecule is CC(C)c1ccccc1CC1CCCN1C1CC=C(c2ccc(C(=O)NS(=O)(=O)c3ccc(NCC4CCOCC4)c([N+](=O)[O-])c3)c(Oc3cnc4[nH]ccc4c3)c2)CC1. The second kappa shape index (κ2) is 18.0. The number of amides is 1. The molecule has 1 aliphatic carbocycles. The molecule has 5 aromatic rings. The Morgan fingerprint density at radius 3 is 2.67 bits per heavy atom. The van der Waals surface area contributed by atoms with Crippen LogP contribution in [0.3, 0.4) is 0 Å². The molecule has 1 amide bonds. The van der Waals surface area contributed by atoms with Gasteiger partial charge in [-0.1, -0.05) is 50.3 Å². The first-order chi connectivity index (χ1) is 29.0. The molecule has 2 saturated heterocycles. The zero-order valence-corrected chi connectivity index (χ0v) is 34.9. The average molecular weight is 833 g/mol. The Morgan fingerprint density at radius 2 is 1.88 bits per heavy atom. The van der Waals surface area contributed by atoms with Crippen molar-refractivity contribution in [2.24, 2.45) is 5.92 Å². The number of nitro groups is 1. The van der Waals surface area contributed by atoms with Crippen LogP contribution in [-0.2, 0) is 21.2 Å². The molecule has 0 spiro atoms. The summed E-state index contributed by atoms with van der Waals surface area (Å²) in [5.74, 6) is 0.348. The Kier molecular flexibility index (Phi) is 12.3. The van der Waals surface area contributed by atoms with E-state index in [1.807, 2.05) is 12.1 Å². The van der Waals surface area contributed by atoms with Crippen LogP contribution in [0.1, 0.15) is 91.8 Å². The van der Waals surface area contributed by atoms with Crippen LogP contribution in [0.25, 0.3) is 16.6 Å². The van der Waals surface area contributed by atoms with Crippen molar-refractivity contribution in [2.75, 3.05) is 31.6 Å². The van der Waals surface area contributed by atoms with Crippen molar-refractivity contribution >= 4 is 43.9 Å². The molecule has 2 aliphatic heterocycles. The molecule has 60 heavy (non-hydrogen) atoms. The highest BCUT2D eigenvalue weighted by atomic mass is 32.2. The van der Waals surface area contributed by atoms with Gasteiger partial charge in [-0.25, -0.2) is 18.1 Å². The molecular weight excluding hydrogens is 781 g/mol. The molecule has 3 N–H and O–H groups in total. The van der Waals surface area contributed by atoms with Crippen molar-refractivity contribution in [3.63, 3.8) is 0 Å². The number of nitrogens with one attached hydrogen (secondary N) is 3. The Labute approximate surface area is 350 Å². The number of ether oxygens (including phenoxy) is 2. The second-order valence-electron chi connectivity index (χ2n) is 16.5. The van der Waals surface area contributed by atoms with E-state index < -0.39 is 31.4 Å². The number of rotatable bonds is 14. The van der Waals surface area contributed by atoms with Gasteiger partial charge in [0.1, 0.15) is 22.8 Å². The van der Waals surface area contributed by atoms with E-state index in [0.29, 0.717) is 49.2 Å². The van der Waals surface area contributed by atoms with Gasteiger partial charge in [-0.05, 0) is 128 Å². The third-order valence-electron chi connectivity index (χ3n) is 12.2. The molecule has 3 aromatic carbocycles. The fourth-order valence-electron chi connectivity index (χ4n) is 9.00. The number of pyridine rings is 1. The largest absolute Gasteiger partial charge is 0.455 e. The first-order valence-corrected chi connectivity index (χ1v) is 22.5. The summed E-state index contributed by atoms with van der Waals surface area (Å²) < 4.78 is 41.2. The van der Waals surface area contributed by atoms with E-state index in [0.717, 1.165) is 67.7 Å². The van der Waals surface area contributed by atoms with Crippen LogP contribution in [0.4, 0.5) is 11.4 Å². The van der Waals surface area contributed by atoms with Crippen LogP contribution in [0.2, 0.25) is 0 Å². The third kappa shape index (κ3) is 9.25. The number of likely N-dealkylation sites (tertiary alicyclic amines) is 1. The van der Waals surface area contributed by atoms with Crippen LogP contribution >= 0.6 is 0 Å². The Bertz CT molecular complexity index is 2510. The maximum atomic E-state index is 13.9. The highest BCUT2D eigenvalue weighted by Gasteiger charge is 2.33. The number of aromatic nitrogens is 2. The normalized spacial score (nSPS) is 19.0. The predicted octanol–water partition coefficient (Wildman–Crippen LogP) is 8.99. The molecule has 3 aliphatic rings. The molecule has 0 bridgehead atoms. The quantitative estimate of drug-likeness (QED) is 0.0725. The minimum absolute atomic E-state index is 0.0170. The third-order valence-corrected chi connectivity index (χ3v) is 13.6. The zero-order valence-electron chi connectivity index (χ0n) is 34.1. The van der Waals surface area contributed by atoms with Crippen molar-refractivity contribution < 1.29 is 27.6 Å². The molecular formula is C46H52N6O7S. The number of nitrogens with zero attached hydrogens (tertiary/aromatic N) is 3. The smallest absolute Gasteiger partial charge is 0.293 e. The minimum Gasteiger partial charge on any atom is -0.455 e. The predicted molar refractivity (Wildman–Crippen MR) is 232 cm³/mol. The molecule has 0 radical (unpaired) electrons. The maximum absolute atomic E-state index is 13.9. The molecule has 0 saturated carbocycles. The molecule has 8 rings (SSSR count). The number of fused-ring (bicyclic) bond motifs is 1. The van der Waals surface area contributed by atoms with Gasteiger partial charge in [0.25, 0.3) is 21.6 Å². The van der Waals surface area contributed by atoms with Crippen LogP contribution < -0.4 is 14.8 Å². The van der Waals surface area contributed by atoms with Crippen LogP contribution in [0, 0.1) is 16.0 Å². The van der Waals surface area contributed by atoms with Gasteiger partial charge >= 0.3 is 0 Å². The molecule has 4 heterocycles. The molecule has 314 valence electrons. The summed E-state index contributed by atoms with van der Waals surface area (Å²) in [4.78, 5) is 35.1. The molecule has 2 fully saturated rings. The van der Waals surface area contributed by atoms with Gasteiger partial charge in [0, 0.05) is 49.5 Å². The van der Waals surface area contributed by atoms with Gasteiger partial charge < -0.3 is 19.8 Å². The van der Waals surface area contributed by atoms with Crippen molar-refractivity contribution in [1.82, 2.24) is 19.6 Å². The van der Waals surface area contributed by atoms with Gasteiger partial charge in [-0.3, -0.25) is 19.8 Å². The molecule has 2 atom stereocenters. The monoisotopic (exact) mass is 832 g/mol.